The summed E-state index contributed by atoms with van der Waals surface area (Å²) in [7, 11) is 1.36. The maximum absolute atomic E-state index is 11.9. The van der Waals surface area contributed by atoms with Crippen LogP contribution in [0.4, 0.5) is 0 Å². The number of benzene rings is 2. The van der Waals surface area contributed by atoms with Crippen molar-refractivity contribution < 1.29 is 14.3 Å². The Morgan fingerprint density at radius 2 is 1.77 bits per heavy atom. The maximum Gasteiger partial charge on any atom is 0.338 e. The summed E-state index contributed by atoms with van der Waals surface area (Å²) in [4.78, 5) is 25.6. The van der Waals surface area contributed by atoms with Gasteiger partial charge in [0.05, 0.1) is 12.7 Å². The van der Waals surface area contributed by atoms with Crippen LogP contribution in [0.3, 0.4) is 0 Å². The highest BCUT2D eigenvalue weighted by Crippen LogP contribution is 2.24. The van der Waals surface area contributed by atoms with Crippen molar-refractivity contribution in [1.29, 1.82) is 0 Å². The van der Waals surface area contributed by atoms with E-state index >= 15 is 0 Å². The molecule has 0 aliphatic carbocycles. The number of thioether (sulfide) groups is 2. The van der Waals surface area contributed by atoms with Crippen molar-refractivity contribution in [2.75, 3.05) is 25.2 Å². The van der Waals surface area contributed by atoms with E-state index in [-0.39, 0.29) is 11.9 Å². The fourth-order valence-corrected chi connectivity index (χ4v) is 3.99. The molecule has 0 aromatic heterocycles. The molecule has 4 nitrogen and oxygen atoms in total. The minimum absolute atomic E-state index is 0.00440. The number of carbonyl (C=O) groups is 2. The first-order valence-electron chi connectivity index (χ1n) is 8.05. The smallest absolute Gasteiger partial charge is 0.338 e. The molecule has 0 saturated heterocycles. The number of hydrogen-bond acceptors (Lipinski definition) is 5. The van der Waals surface area contributed by atoms with Crippen molar-refractivity contribution in [3.63, 3.8) is 0 Å². The zero-order valence-electron chi connectivity index (χ0n) is 14.4. The maximum atomic E-state index is 11.9. The largest absolute Gasteiger partial charge is 0.465 e. The van der Waals surface area contributed by atoms with Crippen molar-refractivity contribution >= 4 is 47.0 Å². The molecule has 0 radical (unpaired) electrons. The van der Waals surface area contributed by atoms with Gasteiger partial charge in [0.1, 0.15) is 0 Å². The molecule has 2 aromatic carbocycles. The molecular formula is C19H20ClNO3S2. The van der Waals surface area contributed by atoms with Gasteiger partial charge in [-0.2, -0.15) is 0 Å². The van der Waals surface area contributed by atoms with E-state index in [1.54, 1.807) is 23.9 Å². The third-order valence-corrected chi connectivity index (χ3v) is 5.73. The zero-order chi connectivity index (χ0) is 18.8. The molecule has 0 aliphatic heterocycles. The lowest BCUT2D eigenvalue weighted by atomic mass is 10.2. The van der Waals surface area contributed by atoms with E-state index in [2.05, 4.69) is 5.32 Å². The van der Waals surface area contributed by atoms with Crippen molar-refractivity contribution in [1.82, 2.24) is 5.32 Å². The van der Waals surface area contributed by atoms with Gasteiger partial charge < -0.3 is 10.1 Å². The zero-order valence-corrected chi connectivity index (χ0v) is 16.8. The molecule has 0 bridgehead atoms. The molecule has 0 fully saturated rings. The summed E-state index contributed by atoms with van der Waals surface area (Å²) in [5.41, 5.74) is 0.528. The fraction of sp³-hybridized carbons (Fsp3) is 0.263. The Morgan fingerprint density at radius 1 is 1.04 bits per heavy atom. The predicted molar refractivity (Wildman–Crippen MR) is 108 cm³/mol. The molecule has 0 aliphatic rings. The minimum Gasteiger partial charge on any atom is -0.465 e. The third-order valence-electron chi connectivity index (χ3n) is 3.39. The average Bonchev–Trinajstić information content (AvgIpc) is 2.66. The van der Waals surface area contributed by atoms with Crippen LogP contribution in [-0.2, 0) is 9.53 Å². The Balaban J connectivity index is 1.66. The van der Waals surface area contributed by atoms with Crippen LogP contribution in [0.15, 0.2) is 58.3 Å². The molecule has 138 valence electrons. The molecule has 0 atom stereocenters. The van der Waals surface area contributed by atoms with Crippen LogP contribution >= 0.6 is 35.1 Å². The number of amides is 1. The number of carbonyl (C=O) groups excluding carboxylic acids is 2. The minimum atomic E-state index is -0.364. The standard InChI is InChI=1S/C19H20ClNO3S2/c1-24-19(23)16-4-2-3-5-17(16)26-12-10-18(22)21-11-13-25-15-8-6-14(20)7-9-15/h2-9H,10-13H2,1H3,(H,21,22). The second kappa shape index (κ2) is 11.2. The fourth-order valence-electron chi connectivity index (χ4n) is 2.10. The van der Waals surface area contributed by atoms with Gasteiger partial charge in [-0.3, -0.25) is 4.79 Å². The summed E-state index contributed by atoms with van der Waals surface area (Å²) < 4.78 is 4.77. The van der Waals surface area contributed by atoms with E-state index in [1.807, 2.05) is 36.4 Å². The SMILES string of the molecule is COC(=O)c1ccccc1SCCC(=O)NCCSc1ccc(Cl)cc1. The monoisotopic (exact) mass is 409 g/mol. The number of halogens is 1. The first-order chi connectivity index (χ1) is 12.6. The van der Waals surface area contributed by atoms with Gasteiger partial charge in [0.25, 0.3) is 0 Å². The molecule has 0 unspecified atom stereocenters. The second-order valence-electron chi connectivity index (χ2n) is 5.24. The Kier molecular flexibility index (Phi) is 8.88. The lowest BCUT2D eigenvalue weighted by molar-refractivity contribution is -0.120. The van der Waals surface area contributed by atoms with Gasteiger partial charge in [0, 0.05) is 39.3 Å². The Bertz CT molecular complexity index is 738. The van der Waals surface area contributed by atoms with Crippen LogP contribution < -0.4 is 5.32 Å². The molecule has 2 aromatic rings. The van der Waals surface area contributed by atoms with Crippen molar-refractivity contribution in [3.8, 4) is 0 Å². The number of nitrogens with one attached hydrogen (secondary N) is 1. The van der Waals surface area contributed by atoms with Crippen LogP contribution in [0.25, 0.3) is 0 Å². The summed E-state index contributed by atoms with van der Waals surface area (Å²) in [6.07, 6.45) is 0.395. The summed E-state index contributed by atoms with van der Waals surface area (Å²) in [5.74, 6) is 1.04. The van der Waals surface area contributed by atoms with Gasteiger partial charge in [0.2, 0.25) is 5.91 Å². The number of rotatable bonds is 9. The normalized spacial score (nSPS) is 10.4. The van der Waals surface area contributed by atoms with E-state index in [9.17, 15) is 9.59 Å². The van der Waals surface area contributed by atoms with Crippen molar-refractivity contribution in [3.05, 3.63) is 59.1 Å². The number of methoxy groups -OCH3 is 1. The first-order valence-corrected chi connectivity index (χ1v) is 10.4. The van der Waals surface area contributed by atoms with Crippen LogP contribution in [0.2, 0.25) is 5.02 Å². The van der Waals surface area contributed by atoms with E-state index in [0.29, 0.717) is 29.3 Å². The molecule has 26 heavy (non-hydrogen) atoms. The lowest BCUT2D eigenvalue weighted by Crippen LogP contribution is -2.25. The number of hydrogen-bond donors (Lipinski definition) is 1. The van der Waals surface area contributed by atoms with Gasteiger partial charge in [0.15, 0.2) is 0 Å². The van der Waals surface area contributed by atoms with Crippen LogP contribution in [-0.4, -0.2) is 37.0 Å². The first kappa shape index (κ1) is 20.7. The molecule has 1 amide bonds. The van der Waals surface area contributed by atoms with Crippen LogP contribution in [0.1, 0.15) is 16.8 Å². The Hall–Kier alpha value is -1.63. The van der Waals surface area contributed by atoms with Crippen molar-refractivity contribution in [2.45, 2.75) is 16.2 Å². The van der Waals surface area contributed by atoms with Gasteiger partial charge in [-0.1, -0.05) is 23.7 Å². The predicted octanol–water partition coefficient (Wildman–Crippen LogP) is 4.52. The molecule has 7 heteroatoms. The second-order valence-corrected chi connectivity index (χ2v) is 7.98. The summed E-state index contributed by atoms with van der Waals surface area (Å²) >= 11 is 9.00. The molecule has 2 rings (SSSR count). The highest BCUT2D eigenvalue weighted by molar-refractivity contribution is 7.99. The average molecular weight is 410 g/mol. The summed E-state index contributed by atoms with van der Waals surface area (Å²) in [5, 5.41) is 3.62. The third kappa shape index (κ3) is 6.94. The Labute approximate surface area is 167 Å². The van der Waals surface area contributed by atoms with Gasteiger partial charge in [-0.05, 0) is 36.4 Å². The van der Waals surface area contributed by atoms with Gasteiger partial charge in [-0.15, -0.1) is 23.5 Å². The van der Waals surface area contributed by atoms with Gasteiger partial charge >= 0.3 is 5.97 Å². The highest BCUT2D eigenvalue weighted by Gasteiger charge is 2.11. The molecule has 1 N–H and O–H groups in total. The van der Waals surface area contributed by atoms with E-state index in [0.717, 1.165) is 15.5 Å². The van der Waals surface area contributed by atoms with Gasteiger partial charge in [-0.25, -0.2) is 4.79 Å². The summed E-state index contributed by atoms with van der Waals surface area (Å²) in [6, 6.07) is 14.9. The topological polar surface area (TPSA) is 55.4 Å². The molecule has 0 spiro atoms. The quantitative estimate of drug-likeness (QED) is 0.375. The number of esters is 1. The number of ether oxygens (including phenoxy) is 1. The molecule has 0 heterocycles. The summed E-state index contributed by atoms with van der Waals surface area (Å²) in [6.45, 7) is 0.607. The van der Waals surface area contributed by atoms with Crippen LogP contribution in [0, 0.1) is 0 Å². The molecular weight excluding hydrogens is 390 g/mol. The van der Waals surface area contributed by atoms with E-state index in [4.69, 9.17) is 16.3 Å². The Morgan fingerprint density at radius 3 is 2.50 bits per heavy atom. The molecule has 0 saturated carbocycles. The van der Waals surface area contributed by atoms with Crippen molar-refractivity contribution in [2.24, 2.45) is 0 Å². The lowest BCUT2D eigenvalue weighted by Gasteiger charge is -2.08. The van der Waals surface area contributed by atoms with Crippen LogP contribution in [0.5, 0.6) is 0 Å². The highest BCUT2D eigenvalue weighted by atomic mass is 35.5. The van der Waals surface area contributed by atoms with E-state index < -0.39 is 0 Å². The van der Waals surface area contributed by atoms with E-state index in [1.165, 1.54) is 18.9 Å².